The van der Waals surface area contributed by atoms with Gasteiger partial charge in [-0.1, -0.05) is 29.3 Å². The highest BCUT2D eigenvalue weighted by Gasteiger charge is 2.07. The van der Waals surface area contributed by atoms with E-state index in [1.807, 2.05) is 0 Å². The summed E-state index contributed by atoms with van der Waals surface area (Å²) in [5.41, 5.74) is 4.93. The summed E-state index contributed by atoms with van der Waals surface area (Å²) in [5.74, 6) is 0.529. The number of rotatable bonds is 3. The Labute approximate surface area is 110 Å². The van der Waals surface area contributed by atoms with Gasteiger partial charge in [0.25, 0.3) is 0 Å². The molecule has 3 aromatic rings. The Morgan fingerprint density at radius 1 is 1.05 bits per heavy atom. The van der Waals surface area contributed by atoms with Gasteiger partial charge in [0.2, 0.25) is 5.88 Å². The molecular formula is C14H14N4O. The molecule has 0 saturated heterocycles. The van der Waals surface area contributed by atoms with E-state index in [4.69, 9.17) is 4.74 Å². The number of fused-ring (bicyclic) bond motifs is 1. The molecule has 0 atom stereocenters. The van der Waals surface area contributed by atoms with Gasteiger partial charge in [0, 0.05) is 0 Å². The predicted octanol–water partition coefficient (Wildman–Crippen LogP) is 2.55. The van der Waals surface area contributed by atoms with Crippen molar-refractivity contribution in [2.75, 3.05) is 0 Å². The van der Waals surface area contributed by atoms with Crippen molar-refractivity contribution in [2.45, 2.75) is 20.5 Å². The number of nitrogens with one attached hydrogen (secondary N) is 1. The third kappa shape index (κ3) is 2.40. The van der Waals surface area contributed by atoms with Crippen LogP contribution in [0.1, 0.15) is 16.7 Å². The first-order valence-corrected chi connectivity index (χ1v) is 6.06. The molecule has 5 heteroatoms. The van der Waals surface area contributed by atoms with E-state index < -0.39 is 0 Å². The fourth-order valence-electron chi connectivity index (χ4n) is 2.16. The average Bonchev–Trinajstić information content (AvgIpc) is 2.83. The summed E-state index contributed by atoms with van der Waals surface area (Å²) in [6.07, 6.45) is 3.04. The van der Waals surface area contributed by atoms with E-state index in [2.05, 4.69) is 52.0 Å². The van der Waals surface area contributed by atoms with Crippen LogP contribution >= 0.6 is 0 Å². The van der Waals surface area contributed by atoms with Crippen LogP contribution in [0.25, 0.3) is 11.2 Å². The predicted molar refractivity (Wildman–Crippen MR) is 71.9 cm³/mol. The second-order valence-corrected chi connectivity index (χ2v) is 4.56. The number of H-pyrrole nitrogens is 1. The Bertz CT molecular complexity index is 700. The standard InChI is InChI=1S/C14H14N4O/c1-9-3-10(2)5-11(4-9)6-19-14-12-13(16-7-15-12)17-8-18-14/h3-5,7-8H,6H2,1-2H3,(H,15,16,17,18). The highest BCUT2D eigenvalue weighted by Crippen LogP contribution is 2.19. The van der Waals surface area contributed by atoms with Crippen LogP contribution in [0.4, 0.5) is 0 Å². The van der Waals surface area contributed by atoms with Gasteiger partial charge in [-0.15, -0.1) is 0 Å². The Morgan fingerprint density at radius 3 is 2.63 bits per heavy atom. The van der Waals surface area contributed by atoms with Crippen molar-refractivity contribution in [1.82, 2.24) is 19.9 Å². The Kier molecular flexibility index (Phi) is 2.87. The van der Waals surface area contributed by atoms with Crippen molar-refractivity contribution in [3.63, 3.8) is 0 Å². The molecule has 0 bridgehead atoms. The molecule has 2 aromatic heterocycles. The van der Waals surface area contributed by atoms with E-state index in [-0.39, 0.29) is 0 Å². The van der Waals surface area contributed by atoms with Crippen LogP contribution in [0.5, 0.6) is 5.88 Å². The van der Waals surface area contributed by atoms with Crippen LogP contribution in [-0.4, -0.2) is 19.9 Å². The SMILES string of the molecule is Cc1cc(C)cc(COc2ncnc3nc[nH]c23)c1. The molecule has 0 aliphatic carbocycles. The number of benzene rings is 1. The molecule has 0 aliphatic heterocycles. The minimum atomic E-state index is 0.480. The molecule has 0 amide bonds. The fraction of sp³-hybridized carbons (Fsp3) is 0.214. The molecule has 2 heterocycles. The van der Waals surface area contributed by atoms with Gasteiger partial charge in [-0.25, -0.2) is 9.97 Å². The van der Waals surface area contributed by atoms with Crippen molar-refractivity contribution < 1.29 is 4.74 Å². The minimum Gasteiger partial charge on any atom is -0.471 e. The summed E-state index contributed by atoms with van der Waals surface area (Å²) in [6, 6.07) is 6.36. The van der Waals surface area contributed by atoms with E-state index in [0.29, 0.717) is 18.1 Å². The number of hydrogen-bond acceptors (Lipinski definition) is 4. The van der Waals surface area contributed by atoms with E-state index in [1.54, 1.807) is 6.33 Å². The normalized spacial score (nSPS) is 10.8. The van der Waals surface area contributed by atoms with Crippen LogP contribution in [0.2, 0.25) is 0 Å². The van der Waals surface area contributed by atoms with Crippen molar-refractivity contribution in [3.05, 3.63) is 47.5 Å². The van der Waals surface area contributed by atoms with Crippen LogP contribution < -0.4 is 4.74 Å². The van der Waals surface area contributed by atoms with Crippen molar-refractivity contribution >= 4 is 11.2 Å². The molecule has 1 aromatic carbocycles. The van der Waals surface area contributed by atoms with Crippen molar-refractivity contribution in [2.24, 2.45) is 0 Å². The quantitative estimate of drug-likeness (QED) is 0.780. The third-order valence-electron chi connectivity index (χ3n) is 2.85. The Balaban J connectivity index is 1.84. The van der Waals surface area contributed by atoms with Gasteiger partial charge >= 0.3 is 0 Å². The van der Waals surface area contributed by atoms with Crippen LogP contribution in [0.15, 0.2) is 30.9 Å². The summed E-state index contributed by atoms with van der Waals surface area (Å²) in [7, 11) is 0. The molecule has 1 N–H and O–H groups in total. The minimum absolute atomic E-state index is 0.480. The van der Waals surface area contributed by atoms with Crippen LogP contribution in [-0.2, 0) is 6.61 Å². The van der Waals surface area contributed by atoms with E-state index in [1.165, 1.54) is 17.5 Å². The molecule has 0 unspecified atom stereocenters. The van der Waals surface area contributed by atoms with Gasteiger partial charge < -0.3 is 9.72 Å². The molecule has 0 spiro atoms. The lowest BCUT2D eigenvalue weighted by Gasteiger charge is -2.07. The zero-order valence-electron chi connectivity index (χ0n) is 10.8. The molecule has 19 heavy (non-hydrogen) atoms. The number of aromatic amines is 1. The Morgan fingerprint density at radius 2 is 1.84 bits per heavy atom. The molecule has 5 nitrogen and oxygen atoms in total. The maximum atomic E-state index is 5.75. The number of hydrogen-bond donors (Lipinski definition) is 1. The maximum Gasteiger partial charge on any atom is 0.243 e. The molecule has 0 radical (unpaired) electrons. The highest BCUT2D eigenvalue weighted by molar-refractivity contribution is 5.74. The van der Waals surface area contributed by atoms with Gasteiger partial charge in [-0.05, 0) is 19.4 Å². The smallest absolute Gasteiger partial charge is 0.243 e. The zero-order chi connectivity index (χ0) is 13.2. The van der Waals surface area contributed by atoms with Gasteiger partial charge in [-0.3, -0.25) is 0 Å². The largest absolute Gasteiger partial charge is 0.471 e. The number of imidazole rings is 1. The maximum absolute atomic E-state index is 5.75. The number of nitrogens with zero attached hydrogens (tertiary/aromatic N) is 3. The monoisotopic (exact) mass is 254 g/mol. The second kappa shape index (κ2) is 4.68. The third-order valence-corrected chi connectivity index (χ3v) is 2.85. The first-order chi connectivity index (χ1) is 9.22. The van der Waals surface area contributed by atoms with E-state index in [9.17, 15) is 0 Å². The number of ether oxygens (including phenoxy) is 1. The van der Waals surface area contributed by atoms with Gasteiger partial charge in [0.05, 0.1) is 6.33 Å². The van der Waals surface area contributed by atoms with E-state index in [0.717, 1.165) is 11.1 Å². The van der Waals surface area contributed by atoms with Gasteiger partial charge in [0.1, 0.15) is 18.5 Å². The number of aryl methyl sites for hydroxylation is 2. The summed E-state index contributed by atoms with van der Waals surface area (Å²) in [4.78, 5) is 15.2. The summed E-state index contributed by atoms with van der Waals surface area (Å²) < 4.78 is 5.75. The van der Waals surface area contributed by atoms with Crippen LogP contribution in [0.3, 0.4) is 0 Å². The molecular weight excluding hydrogens is 240 g/mol. The van der Waals surface area contributed by atoms with Crippen molar-refractivity contribution in [3.8, 4) is 5.88 Å². The fourth-order valence-corrected chi connectivity index (χ4v) is 2.16. The topological polar surface area (TPSA) is 63.7 Å². The molecule has 96 valence electrons. The summed E-state index contributed by atoms with van der Waals surface area (Å²) in [5, 5.41) is 0. The summed E-state index contributed by atoms with van der Waals surface area (Å²) in [6.45, 7) is 4.64. The van der Waals surface area contributed by atoms with Crippen LogP contribution in [0, 0.1) is 13.8 Å². The second-order valence-electron chi connectivity index (χ2n) is 4.56. The van der Waals surface area contributed by atoms with Gasteiger partial charge in [0.15, 0.2) is 5.65 Å². The highest BCUT2D eigenvalue weighted by atomic mass is 16.5. The Hall–Kier alpha value is -2.43. The molecule has 3 rings (SSSR count). The molecule has 0 fully saturated rings. The zero-order valence-corrected chi connectivity index (χ0v) is 10.8. The van der Waals surface area contributed by atoms with E-state index >= 15 is 0 Å². The lowest BCUT2D eigenvalue weighted by molar-refractivity contribution is 0.297. The average molecular weight is 254 g/mol. The lowest BCUT2D eigenvalue weighted by Crippen LogP contribution is -1.99. The first-order valence-electron chi connectivity index (χ1n) is 6.06. The lowest BCUT2D eigenvalue weighted by atomic mass is 10.1. The molecule has 0 aliphatic rings. The van der Waals surface area contributed by atoms with Crippen molar-refractivity contribution in [1.29, 1.82) is 0 Å². The molecule has 0 saturated carbocycles. The number of aromatic nitrogens is 4. The van der Waals surface area contributed by atoms with Gasteiger partial charge in [-0.2, -0.15) is 4.98 Å². The first kappa shape index (κ1) is 11.6. The summed E-state index contributed by atoms with van der Waals surface area (Å²) >= 11 is 0.